The molecule has 188 valence electrons. The normalized spacial score (nSPS) is 12.5. The van der Waals surface area contributed by atoms with Gasteiger partial charge in [0.25, 0.3) is 0 Å². The van der Waals surface area contributed by atoms with Crippen LogP contribution in [0.25, 0.3) is 0 Å². The Morgan fingerprint density at radius 1 is 0.939 bits per heavy atom. The summed E-state index contributed by atoms with van der Waals surface area (Å²) in [7, 11) is 0. The molecule has 0 bridgehead atoms. The fraction of sp³-hybridized carbons (Fsp3) is 0.714. The lowest BCUT2D eigenvalue weighted by Crippen LogP contribution is -2.24. The Morgan fingerprint density at radius 3 is 2.09 bits per heavy atom. The smallest absolute Gasteiger partial charge is 0.307 e. The third-order valence-electron chi connectivity index (χ3n) is 5.61. The van der Waals surface area contributed by atoms with E-state index in [-0.39, 0.29) is 24.1 Å². The SMILES string of the molecule is CCCCCCCCCCCCc1ccccc1C(CC(=O)OC(C)(C)C)SCCC(=O)O. The second kappa shape index (κ2) is 17.0. The number of aliphatic carboxylic acids is 1. The van der Waals surface area contributed by atoms with Crippen LogP contribution < -0.4 is 0 Å². The number of benzene rings is 1. The van der Waals surface area contributed by atoms with E-state index in [1.165, 1.54) is 63.4 Å². The predicted molar refractivity (Wildman–Crippen MR) is 140 cm³/mol. The van der Waals surface area contributed by atoms with Gasteiger partial charge < -0.3 is 9.84 Å². The van der Waals surface area contributed by atoms with Crippen molar-refractivity contribution in [1.82, 2.24) is 0 Å². The fourth-order valence-corrected chi connectivity index (χ4v) is 5.20. The highest BCUT2D eigenvalue weighted by Crippen LogP contribution is 2.36. The maximum atomic E-state index is 12.5. The van der Waals surface area contributed by atoms with E-state index in [0.29, 0.717) is 5.75 Å². The number of unbranched alkanes of at least 4 members (excludes halogenated alkanes) is 9. The lowest BCUT2D eigenvalue weighted by molar-refractivity contribution is -0.154. The van der Waals surface area contributed by atoms with Crippen LogP contribution in [0.5, 0.6) is 0 Å². The number of hydrogen-bond acceptors (Lipinski definition) is 4. The number of carboxylic acids is 1. The lowest BCUT2D eigenvalue weighted by atomic mass is 9.97. The fourth-order valence-electron chi connectivity index (χ4n) is 3.96. The van der Waals surface area contributed by atoms with Crippen molar-refractivity contribution in [2.24, 2.45) is 0 Å². The first-order valence-corrected chi connectivity index (χ1v) is 13.9. The highest BCUT2D eigenvalue weighted by atomic mass is 32.2. The zero-order valence-electron chi connectivity index (χ0n) is 21.4. The van der Waals surface area contributed by atoms with Crippen molar-refractivity contribution < 1.29 is 19.4 Å². The Labute approximate surface area is 206 Å². The van der Waals surface area contributed by atoms with Gasteiger partial charge in [0.15, 0.2) is 0 Å². The Hall–Kier alpha value is -1.49. The summed E-state index contributed by atoms with van der Waals surface area (Å²) < 4.78 is 5.56. The van der Waals surface area contributed by atoms with E-state index in [0.717, 1.165) is 18.4 Å². The molecule has 5 heteroatoms. The minimum Gasteiger partial charge on any atom is -0.481 e. The molecule has 4 nitrogen and oxygen atoms in total. The molecular formula is C28H46O4S. The zero-order valence-corrected chi connectivity index (χ0v) is 22.2. The van der Waals surface area contributed by atoms with E-state index in [1.807, 2.05) is 26.8 Å². The standard InChI is InChI=1S/C28H46O4S/c1-5-6-7-8-9-10-11-12-13-14-17-23-18-15-16-19-24(23)25(33-21-20-26(29)30)22-27(31)32-28(2,3)4/h15-16,18-19,25H,5-14,17,20-22H2,1-4H3,(H,29,30). The van der Waals surface area contributed by atoms with Crippen LogP contribution in [0, 0.1) is 0 Å². The van der Waals surface area contributed by atoms with Crippen molar-refractivity contribution in [3.63, 3.8) is 0 Å². The molecule has 33 heavy (non-hydrogen) atoms. The van der Waals surface area contributed by atoms with Gasteiger partial charge in [-0.1, -0.05) is 89.0 Å². The average molecular weight is 479 g/mol. The van der Waals surface area contributed by atoms with Crippen LogP contribution >= 0.6 is 11.8 Å². The van der Waals surface area contributed by atoms with Crippen LogP contribution in [0.3, 0.4) is 0 Å². The molecule has 0 aliphatic carbocycles. The lowest BCUT2D eigenvalue weighted by Gasteiger charge is -2.23. The molecule has 0 heterocycles. The molecule has 0 amide bonds. The molecule has 1 rings (SSSR count). The summed E-state index contributed by atoms with van der Waals surface area (Å²) in [5.74, 6) is -0.559. The largest absolute Gasteiger partial charge is 0.481 e. The van der Waals surface area contributed by atoms with Gasteiger partial charge in [-0.15, -0.1) is 0 Å². The van der Waals surface area contributed by atoms with E-state index in [1.54, 1.807) is 11.8 Å². The highest BCUT2D eigenvalue weighted by Gasteiger charge is 2.23. The quantitative estimate of drug-likeness (QED) is 0.170. The molecule has 1 N–H and O–H groups in total. The van der Waals surface area contributed by atoms with E-state index in [2.05, 4.69) is 25.1 Å². The first kappa shape index (κ1) is 29.5. The first-order valence-electron chi connectivity index (χ1n) is 12.9. The molecule has 0 aliphatic rings. The van der Waals surface area contributed by atoms with E-state index >= 15 is 0 Å². The number of esters is 1. The number of carbonyl (C=O) groups excluding carboxylic acids is 1. The number of thioether (sulfide) groups is 1. The zero-order chi connectivity index (χ0) is 24.5. The van der Waals surface area contributed by atoms with Crippen molar-refractivity contribution in [3.8, 4) is 0 Å². The molecule has 1 unspecified atom stereocenters. The first-order chi connectivity index (χ1) is 15.7. The van der Waals surface area contributed by atoms with E-state index in [9.17, 15) is 9.59 Å². The Balaban J connectivity index is 2.61. The molecule has 0 fully saturated rings. The number of hydrogen-bond donors (Lipinski definition) is 1. The molecule has 1 aromatic carbocycles. The maximum Gasteiger partial charge on any atom is 0.307 e. The van der Waals surface area contributed by atoms with Gasteiger partial charge in [-0.3, -0.25) is 9.59 Å². The monoisotopic (exact) mass is 478 g/mol. The van der Waals surface area contributed by atoms with Crippen molar-refractivity contribution in [3.05, 3.63) is 35.4 Å². The van der Waals surface area contributed by atoms with Gasteiger partial charge in [0, 0.05) is 11.0 Å². The second-order valence-electron chi connectivity index (χ2n) is 9.92. The van der Waals surface area contributed by atoms with Gasteiger partial charge in [-0.25, -0.2) is 0 Å². The summed E-state index contributed by atoms with van der Waals surface area (Å²) >= 11 is 1.55. The number of rotatable bonds is 18. The molecular weight excluding hydrogens is 432 g/mol. The van der Waals surface area contributed by atoms with Gasteiger partial charge in [-0.2, -0.15) is 11.8 Å². The highest BCUT2D eigenvalue weighted by molar-refractivity contribution is 7.99. The minimum absolute atomic E-state index is 0.0847. The molecule has 0 saturated heterocycles. The summed E-state index contributed by atoms with van der Waals surface area (Å²) in [4.78, 5) is 23.5. The van der Waals surface area contributed by atoms with Crippen LogP contribution in [0.2, 0.25) is 0 Å². The average Bonchev–Trinajstić information content (AvgIpc) is 2.73. The molecule has 1 atom stereocenters. The molecule has 1 aromatic rings. The Morgan fingerprint density at radius 2 is 1.52 bits per heavy atom. The molecule has 0 saturated carbocycles. The van der Waals surface area contributed by atoms with Crippen molar-refractivity contribution in [2.45, 2.75) is 122 Å². The summed E-state index contributed by atoms with van der Waals surface area (Å²) in [5, 5.41) is 8.96. The van der Waals surface area contributed by atoms with Gasteiger partial charge in [0.2, 0.25) is 0 Å². The minimum atomic E-state index is -0.808. The summed E-state index contributed by atoms with van der Waals surface area (Å²) in [5.41, 5.74) is 1.89. The number of carboxylic acid groups (broad SMARTS) is 1. The van der Waals surface area contributed by atoms with E-state index < -0.39 is 11.6 Å². The number of aryl methyl sites for hydroxylation is 1. The van der Waals surface area contributed by atoms with Crippen LogP contribution in [-0.2, 0) is 20.7 Å². The van der Waals surface area contributed by atoms with Crippen molar-refractivity contribution in [2.75, 3.05) is 5.75 Å². The topological polar surface area (TPSA) is 63.6 Å². The molecule has 0 radical (unpaired) electrons. The van der Waals surface area contributed by atoms with Crippen LogP contribution in [-0.4, -0.2) is 28.4 Å². The van der Waals surface area contributed by atoms with Crippen LogP contribution in [0.1, 0.15) is 121 Å². The number of carbonyl (C=O) groups is 2. The second-order valence-corrected chi connectivity index (χ2v) is 11.2. The van der Waals surface area contributed by atoms with Crippen LogP contribution in [0.15, 0.2) is 24.3 Å². The van der Waals surface area contributed by atoms with Gasteiger partial charge in [0.05, 0.1) is 12.8 Å². The van der Waals surface area contributed by atoms with Crippen molar-refractivity contribution in [1.29, 1.82) is 0 Å². The third-order valence-corrected chi connectivity index (χ3v) is 6.87. The summed E-state index contributed by atoms with van der Waals surface area (Å²) in [6.07, 6.45) is 14.5. The summed E-state index contributed by atoms with van der Waals surface area (Å²) in [6.45, 7) is 7.87. The van der Waals surface area contributed by atoms with Gasteiger partial charge in [-0.05, 0) is 44.7 Å². The molecule has 0 spiro atoms. The Bertz CT molecular complexity index is 681. The molecule has 0 aromatic heterocycles. The van der Waals surface area contributed by atoms with Gasteiger partial charge >= 0.3 is 11.9 Å². The number of ether oxygens (including phenoxy) is 1. The Kier molecular flexibility index (Phi) is 15.2. The van der Waals surface area contributed by atoms with Gasteiger partial charge in [0.1, 0.15) is 5.60 Å². The predicted octanol–water partition coefficient (Wildman–Crippen LogP) is 8.13. The van der Waals surface area contributed by atoms with Crippen LogP contribution in [0.4, 0.5) is 0 Å². The summed E-state index contributed by atoms with van der Waals surface area (Å²) in [6, 6.07) is 8.32. The third kappa shape index (κ3) is 15.1. The van der Waals surface area contributed by atoms with E-state index in [4.69, 9.17) is 9.84 Å². The molecule has 0 aliphatic heterocycles. The maximum absolute atomic E-state index is 12.5. The van der Waals surface area contributed by atoms with Crippen molar-refractivity contribution >= 4 is 23.7 Å².